The van der Waals surface area contributed by atoms with Crippen molar-refractivity contribution < 1.29 is 9.53 Å². The Labute approximate surface area is 157 Å². The van der Waals surface area contributed by atoms with Crippen LogP contribution in [0.1, 0.15) is 48.9 Å². The molecule has 0 atom stereocenters. The Morgan fingerprint density at radius 1 is 1.00 bits per heavy atom. The van der Waals surface area contributed by atoms with Gasteiger partial charge in [0.1, 0.15) is 5.75 Å². The maximum atomic E-state index is 12.2. The number of nitrogens with one attached hydrogen (secondary N) is 1. The Hall–Kier alpha value is -1.81. The predicted molar refractivity (Wildman–Crippen MR) is 105 cm³/mol. The van der Waals surface area contributed by atoms with Crippen molar-refractivity contribution in [2.24, 2.45) is 5.92 Å². The smallest absolute Gasteiger partial charge is 0.255 e. The van der Waals surface area contributed by atoms with E-state index >= 15 is 0 Å². The van der Waals surface area contributed by atoms with Crippen LogP contribution in [0.3, 0.4) is 0 Å². The number of carbonyl (C=O) groups excluding carboxylic acids is 1. The van der Waals surface area contributed by atoms with Gasteiger partial charge < -0.3 is 10.1 Å². The lowest BCUT2D eigenvalue weighted by atomic mass is 9.87. The summed E-state index contributed by atoms with van der Waals surface area (Å²) in [4.78, 5) is 12.2. The molecular formula is C21H24BrNO2. The van der Waals surface area contributed by atoms with E-state index in [2.05, 4.69) is 21.2 Å². The molecule has 2 aromatic rings. The van der Waals surface area contributed by atoms with Crippen LogP contribution >= 0.6 is 15.9 Å². The maximum Gasteiger partial charge on any atom is 0.255 e. The molecular weight excluding hydrogens is 378 g/mol. The first-order chi connectivity index (χ1) is 12.2. The molecule has 1 N–H and O–H groups in total. The predicted octanol–water partition coefficient (Wildman–Crippen LogP) is 6.05. The first kappa shape index (κ1) is 18.0. The van der Waals surface area contributed by atoms with Crippen LogP contribution in [0.25, 0.3) is 0 Å². The second kappa shape index (κ2) is 9.04. The van der Waals surface area contributed by atoms with E-state index in [1.165, 1.54) is 32.1 Å². The largest absolute Gasteiger partial charge is 0.494 e. The summed E-state index contributed by atoms with van der Waals surface area (Å²) in [5, 5.41) is 2.90. The Morgan fingerprint density at radius 2 is 1.68 bits per heavy atom. The van der Waals surface area contributed by atoms with Gasteiger partial charge in [-0.3, -0.25) is 4.79 Å². The molecule has 0 aromatic heterocycles. The molecule has 2 aromatic carbocycles. The summed E-state index contributed by atoms with van der Waals surface area (Å²) < 4.78 is 6.81. The molecule has 4 heteroatoms. The normalized spacial score (nSPS) is 14.9. The molecule has 1 fully saturated rings. The summed E-state index contributed by atoms with van der Waals surface area (Å²) in [7, 11) is 0. The van der Waals surface area contributed by atoms with E-state index in [0.29, 0.717) is 5.56 Å². The van der Waals surface area contributed by atoms with Crippen molar-refractivity contribution in [3.63, 3.8) is 0 Å². The fourth-order valence-electron chi connectivity index (χ4n) is 3.26. The van der Waals surface area contributed by atoms with Gasteiger partial charge in [0.15, 0.2) is 0 Å². The first-order valence-electron chi connectivity index (χ1n) is 9.00. The Bertz CT molecular complexity index is 676. The van der Waals surface area contributed by atoms with Gasteiger partial charge in [-0.2, -0.15) is 0 Å². The highest BCUT2D eigenvalue weighted by Gasteiger charge is 2.13. The topological polar surface area (TPSA) is 38.3 Å². The molecule has 1 saturated carbocycles. The molecule has 3 rings (SSSR count). The summed E-state index contributed by atoms with van der Waals surface area (Å²) in [6.07, 6.45) is 7.98. The van der Waals surface area contributed by atoms with Gasteiger partial charge in [0, 0.05) is 15.7 Å². The number of hydrogen-bond acceptors (Lipinski definition) is 2. The van der Waals surface area contributed by atoms with E-state index in [9.17, 15) is 4.79 Å². The van der Waals surface area contributed by atoms with Crippen molar-refractivity contribution in [3.05, 3.63) is 58.6 Å². The van der Waals surface area contributed by atoms with Crippen molar-refractivity contribution in [1.29, 1.82) is 0 Å². The van der Waals surface area contributed by atoms with E-state index in [1.807, 2.05) is 36.4 Å². The molecule has 0 heterocycles. The van der Waals surface area contributed by atoms with Crippen LogP contribution in [0, 0.1) is 5.92 Å². The van der Waals surface area contributed by atoms with Crippen LogP contribution in [0.2, 0.25) is 0 Å². The number of anilines is 1. The fraction of sp³-hybridized carbons (Fsp3) is 0.381. The Morgan fingerprint density at radius 3 is 2.36 bits per heavy atom. The number of benzene rings is 2. The van der Waals surface area contributed by atoms with Gasteiger partial charge in [-0.25, -0.2) is 0 Å². The van der Waals surface area contributed by atoms with Gasteiger partial charge in [-0.1, -0.05) is 48.0 Å². The number of ether oxygens (including phenoxy) is 1. The molecule has 3 nitrogen and oxygen atoms in total. The molecule has 0 radical (unpaired) electrons. The van der Waals surface area contributed by atoms with Gasteiger partial charge in [-0.05, 0) is 60.9 Å². The van der Waals surface area contributed by atoms with Crippen LogP contribution in [0.15, 0.2) is 53.0 Å². The molecule has 1 aliphatic carbocycles. The third kappa shape index (κ3) is 5.60. The molecule has 25 heavy (non-hydrogen) atoms. The van der Waals surface area contributed by atoms with E-state index in [0.717, 1.165) is 34.9 Å². The van der Waals surface area contributed by atoms with Crippen LogP contribution in [-0.2, 0) is 0 Å². The van der Waals surface area contributed by atoms with Crippen LogP contribution in [0.5, 0.6) is 5.75 Å². The number of amides is 1. The lowest BCUT2D eigenvalue weighted by molar-refractivity contribution is 0.102. The second-order valence-corrected chi connectivity index (χ2v) is 7.54. The van der Waals surface area contributed by atoms with Crippen molar-refractivity contribution in [3.8, 4) is 5.75 Å². The van der Waals surface area contributed by atoms with Crippen LogP contribution in [0.4, 0.5) is 5.69 Å². The minimum atomic E-state index is -0.113. The molecule has 0 spiro atoms. The van der Waals surface area contributed by atoms with Crippen LogP contribution < -0.4 is 10.1 Å². The van der Waals surface area contributed by atoms with Crippen molar-refractivity contribution in [1.82, 2.24) is 0 Å². The van der Waals surface area contributed by atoms with Gasteiger partial charge in [0.25, 0.3) is 5.91 Å². The molecule has 0 unspecified atom stereocenters. The SMILES string of the molecule is O=C(Nc1ccc(OCCC2CCCCC2)cc1)c1ccc(Br)cc1. The van der Waals surface area contributed by atoms with E-state index in [1.54, 1.807) is 12.1 Å². The average Bonchev–Trinajstić information content (AvgIpc) is 2.64. The zero-order chi connectivity index (χ0) is 17.5. The third-order valence-corrected chi connectivity index (χ3v) is 5.27. The number of carbonyl (C=O) groups is 1. The first-order valence-corrected chi connectivity index (χ1v) is 9.80. The Balaban J connectivity index is 1.46. The maximum absolute atomic E-state index is 12.2. The zero-order valence-electron chi connectivity index (χ0n) is 14.3. The monoisotopic (exact) mass is 401 g/mol. The molecule has 0 saturated heterocycles. The lowest BCUT2D eigenvalue weighted by Gasteiger charge is -2.21. The van der Waals surface area contributed by atoms with E-state index < -0.39 is 0 Å². The van der Waals surface area contributed by atoms with Gasteiger partial charge in [0.2, 0.25) is 0 Å². The minimum Gasteiger partial charge on any atom is -0.494 e. The third-order valence-electron chi connectivity index (χ3n) is 4.74. The molecule has 1 aliphatic rings. The van der Waals surface area contributed by atoms with Gasteiger partial charge in [0.05, 0.1) is 6.61 Å². The highest BCUT2D eigenvalue weighted by molar-refractivity contribution is 9.10. The average molecular weight is 402 g/mol. The Kier molecular flexibility index (Phi) is 6.51. The fourth-order valence-corrected chi connectivity index (χ4v) is 3.52. The summed E-state index contributed by atoms with van der Waals surface area (Å²) in [6.45, 7) is 0.773. The van der Waals surface area contributed by atoms with E-state index in [-0.39, 0.29) is 5.91 Å². The van der Waals surface area contributed by atoms with Crippen molar-refractivity contribution in [2.45, 2.75) is 38.5 Å². The van der Waals surface area contributed by atoms with Gasteiger partial charge >= 0.3 is 0 Å². The van der Waals surface area contributed by atoms with Crippen molar-refractivity contribution >= 4 is 27.5 Å². The molecule has 1 amide bonds. The molecule has 0 aliphatic heterocycles. The number of hydrogen-bond donors (Lipinski definition) is 1. The number of rotatable bonds is 6. The van der Waals surface area contributed by atoms with Gasteiger partial charge in [-0.15, -0.1) is 0 Å². The number of halogens is 1. The van der Waals surface area contributed by atoms with Crippen LogP contribution in [-0.4, -0.2) is 12.5 Å². The minimum absolute atomic E-state index is 0.113. The summed E-state index contributed by atoms with van der Waals surface area (Å²) in [6, 6.07) is 14.9. The molecule has 132 valence electrons. The lowest BCUT2D eigenvalue weighted by Crippen LogP contribution is -2.12. The second-order valence-electron chi connectivity index (χ2n) is 6.63. The standard InChI is InChI=1S/C21H24BrNO2/c22-18-8-6-17(7-9-18)21(24)23-19-10-12-20(13-11-19)25-15-14-16-4-2-1-3-5-16/h6-13,16H,1-5,14-15H2,(H,23,24). The van der Waals surface area contributed by atoms with Crippen molar-refractivity contribution in [2.75, 3.05) is 11.9 Å². The highest BCUT2D eigenvalue weighted by Crippen LogP contribution is 2.26. The van der Waals surface area contributed by atoms with E-state index in [4.69, 9.17) is 4.74 Å². The highest BCUT2D eigenvalue weighted by atomic mass is 79.9. The quantitative estimate of drug-likeness (QED) is 0.639. The summed E-state index contributed by atoms with van der Waals surface area (Å²) in [5.41, 5.74) is 1.41. The molecule has 0 bridgehead atoms. The summed E-state index contributed by atoms with van der Waals surface area (Å²) in [5.74, 6) is 1.58. The summed E-state index contributed by atoms with van der Waals surface area (Å²) >= 11 is 3.37. The zero-order valence-corrected chi connectivity index (χ0v) is 15.9.